The van der Waals surface area contributed by atoms with Gasteiger partial charge in [0.05, 0.1) is 10.7 Å². The Morgan fingerprint density at radius 2 is 2.27 bits per heavy atom. The van der Waals surface area contributed by atoms with E-state index in [0.29, 0.717) is 6.04 Å². The highest BCUT2D eigenvalue weighted by Gasteiger charge is 2.18. The molecule has 0 saturated heterocycles. The number of aryl methyl sites for hydroxylation is 1. The highest BCUT2D eigenvalue weighted by Crippen LogP contribution is 2.25. The summed E-state index contributed by atoms with van der Waals surface area (Å²) in [4.78, 5) is 4.54. The van der Waals surface area contributed by atoms with E-state index < -0.39 is 0 Å². The van der Waals surface area contributed by atoms with Crippen molar-refractivity contribution in [3.05, 3.63) is 16.1 Å². The third kappa shape index (κ3) is 3.28. The standard InChI is InChI=1S/C12H20N2S/c1-9-14-12(8-15-9)7-10-4-2-3-5-11(13)6-10/h8,10-11H,2-7,13H2,1H3. The van der Waals surface area contributed by atoms with Gasteiger partial charge in [-0.2, -0.15) is 0 Å². The maximum Gasteiger partial charge on any atom is 0.0897 e. The molecule has 2 rings (SSSR count). The van der Waals surface area contributed by atoms with Gasteiger partial charge in [0.2, 0.25) is 0 Å². The lowest BCUT2D eigenvalue weighted by atomic mass is 9.94. The first kappa shape index (κ1) is 11.1. The molecule has 1 heterocycles. The van der Waals surface area contributed by atoms with Crippen molar-refractivity contribution in [1.82, 2.24) is 4.98 Å². The van der Waals surface area contributed by atoms with Gasteiger partial charge in [0.15, 0.2) is 0 Å². The van der Waals surface area contributed by atoms with E-state index in [9.17, 15) is 0 Å². The Morgan fingerprint density at radius 1 is 1.47 bits per heavy atom. The van der Waals surface area contributed by atoms with E-state index in [0.717, 1.165) is 12.3 Å². The van der Waals surface area contributed by atoms with Crippen molar-refractivity contribution in [3.63, 3.8) is 0 Å². The van der Waals surface area contributed by atoms with Crippen LogP contribution in [0.4, 0.5) is 0 Å². The second-order valence-corrected chi connectivity index (χ2v) is 5.77. The zero-order chi connectivity index (χ0) is 10.7. The first-order chi connectivity index (χ1) is 7.24. The average Bonchev–Trinajstić information content (AvgIpc) is 2.46. The molecule has 0 aliphatic heterocycles. The van der Waals surface area contributed by atoms with Crippen LogP contribution in [0.2, 0.25) is 0 Å². The van der Waals surface area contributed by atoms with Gasteiger partial charge < -0.3 is 5.73 Å². The van der Waals surface area contributed by atoms with E-state index in [4.69, 9.17) is 5.73 Å². The van der Waals surface area contributed by atoms with Crippen LogP contribution >= 0.6 is 11.3 Å². The number of nitrogens with zero attached hydrogens (tertiary/aromatic N) is 1. The maximum atomic E-state index is 6.07. The van der Waals surface area contributed by atoms with E-state index in [-0.39, 0.29) is 0 Å². The average molecular weight is 224 g/mol. The Balaban J connectivity index is 1.92. The van der Waals surface area contributed by atoms with E-state index in [2.05, 4.69) is 17.3 Å². The third-order valence-corrected chi connectivity index (χ3v) is 4.06. The summed E-state index contributed by atoms with van der Waals surface area (Å²) in [7, 11) is 0. The highest BCUT2D eigenvalue weighted by atomic mass is 32.1. The predicted molar refractivity (Wildman–Crippen MR) is 65.1 cm³/mol. The Hall–Kier alpha value is -0.410. The molecule has 2 N–H and O–H groups in total. The topological polar surface area (TPSA) is 38.9 Å². The summed E-state index contributed by atoms with van der Waals surface area (Å²) in [6, 6.07) is 0.428. The minimum atomic E-state index is 0.428. The van der Waals surface area contributed by atoms with E-state index >= 15 is 0 Å². The molecule has 1 saturated carbocycles. The number of thiazole rings is 1. The zero-order valence-electron chi connectivity index (χ0n) is 9.41. The second kappa shape index (κ2) is 5.08. The summed E-state index contributed by atoms with van der Waals surface area (Å²) in [5, 5.41) is 3.38. The van der Waals surface area contributed by atoms with Gasteiger partial charge in [0.25, 0.3) is 0 Å². The fourth-order valence-corrected chi connectivity index (χ4v) is 3.11. The van der Waals surface area contributed by atoms with Crippen LogP contribution in [0.15, 0.2) is 5.38 Å². The van der Waals surface area contributed by atoms with Crippen LogP contribution in [0.1, 0.15) is 42.8 Å². The van der Waals surface area contributed by atoms with Crippen molar-refractivity contribution >= 4 is 11.3 Å². The summed E-state index contributed by atoms with van der Waals surface area (Å²) in [5.74, 6) is 0.768. The Kier molecular flexibility index (Phi) is 3.76. The van der Waals surface area contributed by atoms with Crippen LogP contribution in [-0.2, 0) is 6.42 Å². The molecule has 0 spiro atoms. The van der Waals surface area contributed by atoms with Gasteiger partial charge in [-0.05, 0) is 32.1 Å². The van der Waals surface area contributed by atoms with Crippen LogP contribution < -0.4 is 5.73 Å². The predicted octanol–water partition coefficient (Wildman–Crippen LogP) is 2.90. The quantitative estimate of drug-likeness (QED) is 0.785. The highest BCUT2D eigenvalue weighted by molar-refractivity contribution is 7.09. The van der Waals surface area contributed by atoms with Gasteiger partial charge >= 0.3 is 0 Å². The van der Waals surface area contributed by atoms with Crippen molar-refractivity contribution in [2.24, 2.45) is 11.7 Å². The van der Waals surface area contributed by atoms with Crippen molar-refractivity contribution in [3.8, 4) is 0 Å². The largest absolute Gasteiger partial charge is 0.328 e. The molecule has 1 aromatic heterocycles. The van der Waals surface area contributed by atoms with Crippen molar-refractivity contribution in [2.75, 3.05) is 0 Å². The van der Waals surface area contributed by atoms with Crippen LogP contribution in [0.5, 0.6) is 0 Å². The van der Waals surface area contributed by atoms with Crippen molar-refractivity contribution in [1.29, 1.82) is 0 Å². The molecule has 0 bridgehead atoms. The molecule has 1 fully saturated rings. The van der Waals surface area contributed by atoms with E-state index in [1.54, 1.807) is 11.3 Å². The van der Waals surface area contributed by atoms with Gasteiger partial charge in [0, 0.05) is 11.4 Å². The fraction of sp³-hybridized carbons (Fsp3) is 0.750. The number of nitrogens with two attached hydrogens (primary N) is 1. The van der Waals surface area contributed by atoms with E-state index in [1.807, 2.05) is 0 Å². The van der Waals surface area contributed by atoms with Crippen molar-refractivity contribution < 1.29 is 0 Å². The maximum absolute atomic E-state index is 6.07. The van der Waals surface area contributed by atoms with Gasteiger partial charge in [0.1, 0.15) is 0 Å². The molecule has 2 unspecified atom stereocenters. The molecular weight excluding hydrogens is 204 g/mol. The molecule has 1 aliphatic rings. The molecule has 1 aliphatic carbocycles. The molecular formula is C12H20N2S. The van der Waals surface area contributed by atoms with Crippen molar-refractivity contribution in [2.45, 2.75) is 51.5 Å². The summed E-state index contributed by atoms with van der Waals surface area (Å²) >= 11 is 1.76. The number of rotatable bonds is 2. The van der Waals surface area contributed by atoms with Gasteiger partial charge in [-0.25, -0.2) is 4.98 Å². The lowest BCUT2D eigenvalue weighted by Gasteiger charge is -2.15. The van der Waals surface area contributed by atoms with Crippen LogP contribution in [0.3, 0.4) is 0 Å². The summed E-state index contributed by atoms with van der Waals surface area (Å²) in [6.07, 6.45) is 7.54. The molecule has 0 aromatic carbocycles. The van der Waals surface area contributed by atoms with Crippen LogP contribution in [0, 0.1) is 12.8 Å². The third-order valence-electron chi connectivity index (χ3n) is 3.24. The monoisotopic (exact) mass is 224 g/mol. The molecule has 0 amide bonds. The molecule has 1 aromatic rings. The number of hydrogen-bond acceptors (Lipinski definition) is 3. The Morgan fingerprint density at radius 3 is 3.00 bits per heavy atom. The summed E-state index contributed by atoms with van der Waals surface area (Å²) in [6.45, 7) is 2.08. The van der Waals surface area contributed by atoms with Gasteiger partial charge in [-0.15, -0.1) is 11.3 Å². The lowest BCUT2D eigenvalue weighted by Crippen LogP contribution is -2.22. The normalized spacial score (nSPS) is 27.6. The number of hydrogen-bond donors (Lipinski definition) is 1. The lowest BCUT2D eigenvalue weighted by molar-refractivity contribution is 0.428. The molecule has 0 radical (unpaired) electrons. The van der Waals surface area contributed by atoms with Crippen LogP contribution in [-0.4, -0.2) is 11.0 Å². The van der Waals surface area contributed by atoms with Gasteiger partial charge in [-0.3, -0.25) is 0 Å². The smallest absolute Gasteiger partial charge is 0.0897 e. The molecule has 2 nitrogen and oxygen atoms in total. The second-order valence-electron chi connectivity index (χ2n) is 4.71. The zero-order valence-corrected chi connectivity index (χ0v) is 10.2. The van der Waals surface area contributed by atoms with Gasteiger partial charge in [-0.1, -0.05) is 19.3 Å². The molecule has 15 heavy (non-hydrogen) atoms. The first-order valence-corrected chi connectivity index (χ1v) is 6.78. The SMILES string of the molecule is Cc1nc(CC2CCCCC(N)C2)cs1. The first-order valence-electron chi connectivity index (χ1n) is 5.90. The minimum absolute atomic E-state index is 0.428. The molecule has 84 valence electrons. The molecule has 3 heteroatoms. The molecule has 2 atom stereocenters. The summed E-state index contributed by atoms with van der Waals surface area (Å²) < 4.78 is 0. The number of aromatic nitrogens is 1. The Labute approximate surface area is 95.9 Å². The summed E-state index contributed by atoms with van der Waals surface area (Å²) in [5.41, 5.74) is 7.34. The Bertz CT molecular complexity index is 308. The minimum Gasteiger partial charge on any atom is -0.328 e. The van der Waals surface area contributed by atoms with Crippen LogP contribution in [0.25, 0.3) is 0 Å². The fourth-order valence-electron chi connectivity index (χ4n) is 2.49. The van der Waals surface area contributed by atoms with E-state index in [1.165, 1.54) is 42.8 Å².